The van der Waals surface area contributed by atoms with E-state index in [4.69, 9.17) is 9.47 Å². The molecule has 2 aromatic carbocycles. The van der Waals surface area contributed by atoms with E-state index in [0.717, 1.165) is 12.8 Å². The normalized spacial score (nSPS) is 13.7. The van der Waals surface area contributed by atoms with Crippen molar-refractivity contribution in [2.45, 2.75) is 25.8 Å². The number of benzene rings is 2. The van der Waals surface area contributed by atoms with Crippen molar-refractivity contribution in [3.05, 3.63) is 59.7 Å². The molecule has 0 saturated carbocycles. The Morgan fingerprint density at radius 2 is 1.91 bits per heavy atom. The fourth-order valence-electron chi connectivity index (χ4n) is 2.44. The van der Waals surface area contributed by atoms with Gasteiger partial charge < -0.3 is 14.8 Å². The molecule has 1 atom stereocenters. The first kappa shape index (κ1) is 14.4. The second-order valence-electron chi connectivity index (χ2n) is 5.47. The Balaban J connectivity index is 1.55. The molecule has 1 amide bonds. The molecule has 1 aliphatic rings. The lowest BCUT2D eigenvalue weighted by molar-refractivity contribution is 0.0938. The molecule has 4 nitrogen and oxygen atoms in total. The third-order valence-corrected chi connectivity index (χ3v) is 3.72. The zero-order chi connectivity index (χ0) is 15.4. The largest absolute Gasteiger partial charge is 0.454 e. The quantitative estimate of drug-likeness (QED) is 0.922. The summed E-state index contributed by atoms with van der Waals surface area (Å²) in [5.41, 5.74) is 1.88. The molecule has 0 aromatic heterocycles. The Morgan fingerprint density at radius 1 is 1.14 bits per heavy atom. The van der Waals surface area contributed by atoms with Crippen LogP contribution in [-0.2, 0) is 6.42 Å². The molecule has 2 aromatic rings. The number of amides is 1. The van der Waals surface area contributed by atoms with E-state index >= 15 is 0 Å². The molecule has 0 aliphatic carbocycles. The van der Waals surface area contributed by atoms with Gasteiger partial charge in [0, 0.05) is 11.6 Å². The fourth-order valence-corrected chi connectivity index (χ4v) is 2.44. The SMILES string of the molecule is C[C@H](CCc1ccccc1)NC(=O)c1ccc2c(c1)OCO2. The third-order valence-electron chi connectivity index (χ3n) is 3.72. The molecule has 22 heavy (non-hydrogen) atoms. The summed E-state index contributed by atoms with van der Waals surface area (Å²) in [6, 6.07) is 15.6. The minimum absolute atomic E-state index is 0.0844. The zero-order valence-corrected chi connectivity index (χ0v) is 12.5. The molecule has 0 unspecified atom stereocenters. The summed E-state index contributed by atoms with van der Waals surface area (Å²) in [5, 5.41) is 3.02. The molecule has 0 fully saturated rings. The van der Waals surface area contributed by atoms with E-state index in [1.807, 2.05) is 25.1 Å². The summed E-state index contributed by atoms with van der Waals surface area (Å²) in [6.45, 7) is 2.24. The van der Waals surface area contributed by atoms with Gasteiger partial charge >= 0.3 is 0 Å². The minimum atomic E-state index is -0.0844. The van der Waals surface area contributed by atoms with Crippen LogP contribution >= 0.6 is 0 Å². The first-order chi connectivity index (χ1) is 10.7. The van der Waals surface area contributed by atoms with Gasteiger partial charge in [0.25, 0.3) is 5.91 Å². The van der Waals surface area contributed by atoms with Crippen LogP contribution in [0, 0.1) is 0 Å². The van der Waals surface area contributed by atoms with Crippen molar-refractivity contribution in [3.8, 4) is 11.5 Å². The van der Waals surface area contributed by atoms with Crippen molar-refractivity contribution in [1.29, 1.82) is 0 Å². The maximum atomic E-state index is 12.3. The van der Waals surface area contributed by atoms with Gasteiger partial charge in [-0.15, -0.1) is 0 Å². The third kappa shape index (κ3) is 3.39. The first-order valence-corrected chi connectivity index (χ1v) is 7.47. The van der Waals surface area contributed by atoms with Crippen LogP contribution in [0.2, 0.25) is 0 Å². The summed E-state index contributed by atoms with van der Waals surface area (Å²) in [5.74, 6) is 1.23. The predicted molar refractivity (Wildman–Crippen MR) is 84.3 cm³/mol. The Kier molecular flexibility index (Phi) is 4.28. The Morgan fingerprint density at radius 3 is 2.73 bits per heavy atom. The monoisotopic (exact) mass is 297 g/mol. The van der Waals surface area contributed by atoms with Gasteiger partial charge in [-0.1, -0.05) is 30.3 Å². The van der Waals surface area contributed by atoms with Crippen LogP contribution in [0.1, 0.15) is 29.3 Å². The highest BCUT2D eigenvalue weighted by Crippen LogP contribution is 2.32. The van der Waals surface area contributed by atoms with E-state index in [0.29, 0.717) is 17.1 Å². The van der Waals surface area contributed by atoms with Gasteiger partial charge in [0.15, 0.2) is 11.5 Å². The molecule has 0 radical (unpaired) electrons. The smallest absolute Gasteiger partial charge is 0.251 e. The molecule has 0 bridgehead atoms. The topological polar surface area (TPSA) is 47.6 Å². The van der Waals surface area contributed by atoms with Crippen LogP contribution in [-0.4, -0.2) is 18.7 Å². The number of rotatable bonds is 5. The minimum Gasteiger partial charge on any atom is -0.454 e. The highest BCUT2D eigenvalue weighted by Gasteiger charge is 2.17. The Hall–Kier alpha value is -2.49. The van der Waals surface area contributed by atoms with E-state index in [1.54, 1.807) is 18.2 Å². The maximum absolute atomic E-state index is 12.3. The summed E-state index contributed by atoms with van der Waals surface area (Å²) < 4.78 is 10.5. The number of hydrogen-bond donors (Lipinski definition) is 1. The average molecular weight is 297 g/mol. The van der Waals surface area contributed by atoms with E-state index < -0.39 is 0 Å². The number of carbonyl (C=O) groups excluding carboxylic acids is 1. The molecule has 114 valence electrons. The molecule has 3 rings (SSSR count). The zero-order valence-electron chi connectivity index (χ0n) is 12.5. The van der Waals surface area contributed by atoms with Gasteiger partial charge in [-0.25, -0.2) is 0 Å². The van der Waals surface area contributed by atoms with Crippen LogP contribution in [0.4, 0.5) is 0 Å². The van der Waals surface area contributed by atoms with Crippen molar-refractivity contribution in [2.75, 3.05) is 6.79 Å². The summed E-state index contributed by atoms with van der Waals surface area (Å²) in [7, 11) is 0. The van der Waals surface area contributed by atoms with Crippen LogP contribution in [0.25, 0.3) is 0 Å². The van der Waals surface area contributed by atoms with Crippen LogP contribution in [0.5, 0.6) is 11.5 Å². The molecule has 1 heterocycles. The predicted octanol–water partition coefficient (Wildman–Crippen LogP) is 3.17. The number of ether oxygens (including phenoxy) is 2. The second-order valence-corrected chi connectivity index (χ2v) is 5.47. The van der Waals surface area contributed by atoms with E-state index in [9.17, 15) is 4.79 Å². The lowest BCUT2D eigenvalue weighted by Crippen LogP contribution is -2.32. The van der Waals surface area contributed by atoms with Gasteiger partial charge in [0.05, 0.1) is 0 Å². The molecular weight excluding hydrogens is 278 g/mol. The Bertz CT molecular complexity index is 655. The highest BCUT2D eigenvalue weighted by atomic mass is 16.7. The fraction of sp³-hybridized carbons (Fsp3) is 0.278. The van der Waals surface area contributed by atoms with Gasteiger partial charge in [-0.3, -0.25) is 4.79 Å². The number of aryl methyl sites for hydroxylation is 1. The van der Waals surface area contributed by atoms with Crippen LogP contribution in [0.15, 0.2) is 48.5 Å². The lowest BCUT2D eigenvalue weighted by atomic mass is 10.1. The van der Waals surface area contributed by atoms with Crippen LogP contribution in [0.3, 0.4) is 0 Å². The Labute approximate surface area is 130 Å². The lowest BCUT2D eigenvalue weighted by Gasteiger charge is -2.14. The van der Waals surface area contributed by atoms with Crippen molar-refractivity contribution in [2.24, 2.45) is 0 Å². The van der Waals surface area contributed by atoms with Crippen LogP contribution < -0.4 is 14.8 Å². The molecule has 1 N–H and O–H groups in total. The van der Waals surface area contributed by atoms with E-state index in [-0.39, 0.29) is 18.7 Å². The van der Waals surface area contributed by atoms with Gasteiger partial charge in [-0.2, -0.15) is 0 Å². The second kappa shape index (κ2) is 6.52. The van der Waals surface area contributed by atoms with E-state index in [2.05, 4.69) is 17.4 Å². The number of hydrogen-bond acceptors (Lipinski definition) is 3. The highest BCUT2D eigenvalue weighted by molar-refractivity contribution is 5.95. The summed E-state index contributed by atoms with van der Waals surface area (Å²) in [6.07, 6.45) is 1.85. The molecule has 4 heteroatoms. The van der Waals surface area contributed by atoms with Crippen molar-refractivity contribution in [3.63, 3.8) is 0 Å². The van der Waals surface area contributed by atoms with Crippen molar-refractivity contribution >= 4 is 5.91 Å². The molecule has 0 saturated heterocycles. The van der Waals surface area contributed by atoms with Gasteiger partial charge in [0.2, 0.25) is 6.79 Å². The van der Waals surface area contributed by atoms with Gasteiger partial charge in [0.1, 0.15) is 0 Å². The molecule has 1 aliphatic heterocycles. The van der Waals surface area contributed by atoms with Crippen molar-refractivity contribution in [1.82, 2.24) is 5.32 Å². The average Bonchev–Trinajstić information content (AvgIpc) is 3.01. The number of nitrogens with one attached hydrogen (secondary N) is 1. The number of carbonyl (C=O) groups is 1. The standard InChI is InChI=1S/C18H19NO3/c1-13(7-8-14-5-3-2-4-6-14)19-18(20)15-9-10-16-17(11-15)22-12-21-16/h2-6,9-11,13H,7-8,12H2,1H3,(H,19,20)/t13-/m1/s1. The first-order valence-electron chi connectivity index (χ1n) is 7.47. The maximum Gasteiger partial charge on any atom is 0.251 e. The summed E-state index contributed by atoms with van der Waals surface area (Å²) in [4.78, 5) is 12.3. The molecule has 0 spiro atoms. The van der Waals surface area contributed by atoms with E-state index in [1.165, 1.54) is 5.56 Å². The number of fused-ring (bicyclic) bond motifs is 1. The molecular formula is C18H19NO3. The van der Waals surface area contributed by atoms with Crippen molar-refractivity contribution < 1.29 is 14.3 Å². The van der Waals surface area contributed by atoms with Gasteiger partial charge in [-0.05, 0) is 43.5 Å². The summed E-state index contributed by atoms with van der Waals surface area (Å²) >= 11 is 0.